The third kappa shape index (κ3) is 3.43. The smallest absolute Gasteiger partial charge is 0.346 e. The van der Waals surface area contributed by atoms with Crippen molar-refractivity contribution in [3.8, 4) is 0 Å². The Morgan fingerprint density at radius 3 is 2.64 bits per heavy atom. The maximum Gasteiger partial charge on any atom is 0.346 e. The van der Waals surface area contributed by atoms with Crippen LogP contribution in [0.25, 0.3) is 0 Å². The number of carbonyl (C=O) groups is 2. The number of hydrogen-bond donors (Lipinski definition) is 2. The quantitative estimate of drug-likeness (QED) is 0.836. The number of carbonyl (C=O) groups excluding carboxylic acids is 2. The van der Waals surface area contributed by atoms with E-state index >= 15 is 0 Å². The minimum Gasteiger partial charge on any atom is -0.452 e. The van der Waals surface area contributed by atoms with Crippen LogP contribution in [0.3, 0.4) is 0 Å². The van der Waals surface area contributed by atoms with Crippen molar-refractivity contribution in [3.63, 3.8) is 0 Å². The molecule has 0 aliphatic carbocycles. The third-order valence-corrected chi connectivity index (χ3v) is 3.08. The van der Waals surface area contributed by atoms with Crippen molar-refractivity contribution in [1.29, 1.82) is 0 Å². The molecule has 22 heavy (non-hydrogen) atoms. The first-order valence-electron chi connectivity index (χ1n) is 6.64. The van der Waals surface area contributed by atoms with Gasteiger partial charge in [-0.05, 0) is 32.4 Å². The molecular formula is C15H17N3O4. The van der Waals surface area contributed by atoms with E-state index in [-0.39, 0.29) is 11.4 Å². The van der Waals surface area contributed by atoms with Gasteiger partial charge in [0.2, 0.25) is 5.88 Å². The fourth-order valence-corrected chi connectivity index (χ4v) is 1.98. The highest BCUT2D eigenvalue weighted by Gasteiger charge is 2.20. The van der Waals surface area contributed by atoms with Crippen molar-refractivity contribution < 1.29 is 18.8 Å². The Balaban J connectivity index is 1.94. The molecular weight excluding hydrogens is 286 g/mol. The zero-order valence-corrected chi connectivity index (χ0v) is 12.6. The molecule has 0 spiro atoms. The second-order valence-corrected chi connectivity index (χ2v) is 4.95. The summed E-state index contributed by atoms with van der Waals surface area (Å²) in [7, 11) is 0. The number of nitrogens with two attached hydrogens (primary N) is 1. The molecule has 1 amide bonds. The second kappa shape index (κ2) is 6.30. The zero-order chi connectivity index (χ0) is 16.3. The number of aromatic nitrogens is 1. The van der Waals surface area contributed by atoms with Crippen LogP contribution in [-0.4, -0.2) is 23.6 Å². The summed E-state index contributed by atoms with van der Waals surface area (Å²) in [6.07, 6.45) is 0. The SMILES string of the molecule is Cc1ccc(NC(=O)COC(=O)c2c(C)noc2N)c(C)c1. The molecule has 0 unspecified atom stereocenters. The van der Waals surface area contributed by atoms with E-state index in [1.54, 1.807) is 13.0 Å². The number of anilines is 2. The van der Waals surface area contributed by atoms with E-state index in [0.29, 0.717) is 11.4 Å². The van der Waals surface area contributed by atoms with E-state index in [4.69, 9.17) is 10.5 Å². The number of hydrogen-bond acceptors (Lipinski definition) is 6. The topological polar surface area (TPSA) is 107 Å². The first-order chi connectivity index (χ1) is 10.4. The highest BCUT2D eigenvalue weighted by atomic mass is 16.5. The van der Waals surface area contributed by atoms with Crippen LogP contribution in [0.4, 0.5) is 11.6 Å². The molecule has 7 heteroatoms. The average Bonchev–Trinajstić information content (AvgIpc) is 2.79. The summed E-state index contributed by atoms with van der Waals surface area (Å²) >= 11 is 0. The number of aryl methyl sites for hydroxylation is 3. The van der Waals surface area contributed by atoms with Crippen molar-refractivity contribution >= 4 is 23.4 Å². The van der Waals surface area contributed by atoms with E-state index in [1.165, 1.54) is 0 Å². The van der Waals surface area contributed by atoms with Crippen LogP contribution < -0.4 is 11.1 Å². The van der Waals surface area contributed by atoms with Gasteiger partial charge in [0.15, 0.2) is 6.61 Å². The van der Waals surface area contributed by atoms with Gasteiger partial charge < -0.3 is 20.3 Å². The molecule has 3 N–H and O–H groups in total. The molecule has 0 atom stereocenters. The van der Waals surface area contributed by atoms with Crippen LogP contribution in [0.5, 0.6) is 0 Å². The number of ether oxygens (including phenoxy) is 1. The lowest BCUT2D eigenvalue weighted by Gasteiger charge is -2.09. The number of rotatable bonds is 4. The van der Waals surface area contributed by atoms with Gasteiger partial charge in [0.05, 0.1) is 5.69 Å². The van der Waals surface area contributed by atoms with Gasteiger partial charge in [-0.2, -0.15) is 0 Å². The molecule has 116 valence electrons. The van der Waals surface area contributed by atoms with Crippen molar-refractivity contribution in [2.24, 2.45) is 0 Å². The van der Waals surface area contributed by atoms with Crippen molar-refractivity contribution in [2.45, 2.75) is 20.8 Å². The minimum atomic E-state index is -0.743. The average molecular weight is 303 g/mol. The predicted octanol–water partition coefficient (Wildman–Crippen LogP) is 1.98. The molecule has 0 saturated carbocycles. The molecule has 1 aromatic carbocycles. The van der Waals surface area contributed by atoms with Gasteiger partial charge in [-0.3, -0.25) is 4.79 Å². The lowest BCUT2D eigenvalue weighted by molar-refractivity contribution is -0.119. The third-order valence-electron chi connectivity index (χ3n) is 3.08. The van der Waals surface area contributed by atoms with E-state index in [1.807, 2.05) is 26.0 Å². The number of amides is 1. The Labute approximate surface area is 127 Å². The predicted molar refractivity (Wildman–Crippen MR) is 80.5 cm³/mol. The van der Waals surface area contributed by atoms with Crippen LogP contribution in [0.15, 0.2) is 22.7 Å². The molecule has 0 radical (unpaired) electrons. The van der Waals surface area contributed by atoms with Crippen molar-refractivity contribution in [2.75, 3.05) is 17.7 Å². The molecule has 1 heterocycles. The Morgan fingerprint density at radius 1 is 1.32 bits per heavy atom. The summed E-state index contributed by atoms with van der Waals surface area (Å²) in [5.41, 5.74) is 8.53. The largest absolute Gasteiger partial charge is 0.452 e. The van der Waals surface area contributed by atoms with E-state index in [9.17, 15) is 9.59 Å². The van der Waals surface area contributed by atoms with E-state index < -0.39 is 18.5 Å². The van der Waals surface area contributed by atoms with Gasteiger partial charge in [0.1, 0.15) is 5.56 Å². The fraction of sp³-hybridized carbons (Fsp3) is 0.267. The van der Waals surface area contributed by atoms with E-state index in [2.05, 4.69) is 15.0 Å². The summed E-state index contributed by atoms with van der Waals surface area (Å²) in [6, 6.07) is 5.63. The maximum absolute atomic E-state index is 11.8. The second-order valence-electron chi connectivity index (χ2n) is 4.95. The molecule has 0 fully saturated rings. The lowest BCUT2D eigenvalue weighted by Crippen LogP contribution is -2.21. The molecule has 0 bridgehead atoms. The van der Waals surface area contributed by atoms with Crippen LogP contribution in [0.1, 0.15) is 27.2 Å². The van der Waals surface area contributed by atoms with Gasteiger partial charge >= 0.3 is 5.97 Å². The molecule has 0 aliphatic heterocycles. The highest BCUT2D eigenvalue weighted by Crippen LogP contribution is 2.17. The summed E-state index contributed by atoms with van der Waals surface area (Å²) in [5.74, 6) is -1.31. The molecule has 0 aliphatic rings. The Hall–Kier alpha value is -2.83. The first-order valence-corrected chi connectivity index (χ1v) is 6.64. The molecule has 2 aromatic rings. The van der Waals surface area contributed by atoms with Gasteiger partial charge in [0, 0.05) is 5.69 Å². The van der Waals surface area contributed by atoms with Gasteiger partial charge in [-0.15, -0.1) is 0 Å². The normalized spacial score (nSPS) is 10.3. The number of benzene rings is 1. The van der Waals surface area contributed by atoms with Crippen LogP contribution in [-0.2, 0) is 9.53 Å². The summed E-state index contributed by atoms with van der Waals surface area (Å²) in [6.45, 7) is 4.99. The van der Waals surface area contributed by atoms with Gasteiger partial charge in [-0.25, -0.2) is 4.79 Å². The van der Waals surface area contributed by atoms with Gasteiger partial charge in [0.25, 0.3) is 5.91 Å². The van der Waals surface area contributed by atoms with Crippen LogP contribution in [0, 0.1) is 20.8 Å². The highest BCUT2D eigenvalue weighted by molar-refractivity contribution is 5.98. The maximum atomic E-state index is 11.8. The van der Waals surface area contributed by atoms with Crippen LogP contribution >= 0.6 is 0 Å². The monoisotopic (exact) mass is 303 g/mol. The summed E-state index contributed by atoms with van der Waals surface area (Å²) in [5, 5.41) is 6.23. The number of nitrogens with one attached hydrogen (secondary N) is 1. The fourth-order valence-electron chi connectivity index (χ4n) is 1.98. The minimum absolute atomic E-state index is 0.0410. The summed E-state index contributed by atoms with van der Waals surface area (Å²) in [4.78, 5) is 23.7. The lowest BCUT2D eigenvalue weighted by atomic mass is 10.1. The Bertz CT molecular complexity index is 702. The summed E-state index contributed by atoms with van der Waals surface area (Å²) < 4.78 is 9.59. The Morgan fingerprint density at radius 2 is 2.05 bits per heavy atom. The van der Waals surface area contributed by atoms with Crippen molar-refractivity contribution in [1.82, 2.24) is 5.16 Å². The van der Waals surface area contributed by atoms with E-state index in [0.717, 1.165) is 11.1 Å². The molecule has 1 aromatic heterocycles. The number of nitrogen functional groups attached to an aromatic ring is 1. The molecule has 0 saturated heterocycles. The standard InChI is InChI=1S/C15H17N3O4/c1-8-4-5-11(9(2)6-8)17-12(19)7-21-15(20)13-10(3)18-22-14(13)16/h4-6H,7,16H2,1-3H3,(H,17,19). The zero-order valence-electron chi connectivity index (χ0n) is 12.6. The molecule has 7 nitrogen and oxygen atoms in total. The van der Waals surface area contributed by atoms with Crippen molar-refractivity contribution in [3.05, 3.63) is 40.6 Å². The van der Waals surface area contributed by atoms with Crippen LogP contribution in [0.2, 0.25) is 0 Å². The first kappa shape index (κ1) is 15.6. The number of esters is 1. The van der Waals surface area contributed by atoms with Gasteiger partial charge in [-0.1, -0.05) is 22.9 Å². The molecule has 2 rings (SSSR count). The number of nitrogens with zero attached hydrogens (tertiary/aromatic N) is 1. The Kier molecular flexibility index (Phi) is 4.45.